The smallest absolute Gasteiger partial charge is 0.164 e. The van der Waals surface area contributed by atoms with Gasteiger partial charge >= 0.3 is 0 Å². The van der Waals surface area contributed by atoms with Crippen LogP contribution in [0.25, 0.3) is 139 Å². The van der Waals surface area contributed by atoms with E-state index in [0.717, 1.165) is 111 Å². The monoisotopic (exact) mass is 882 g/mol. The number of aromatic nitrogens is 4. The summed E-state index contributed by atoms with van der Waals surface area (Å²) >= 11 is 0. The molecular weight excluding hydrogens is 845 g/mol. The second kappa shape index (κ2) is 15.6. The van der Waals surface area contributed by atoms with Crippen LogP contribution in [0.4, 0.5) is 0 Å². The Labute approximate surface area is 396 Å². The molecule has 0 fully saturated rings. The molecular formula is C63H38N4O2. The highest BCUT2D eigenvalue weighted by atomic mass is 16.3. The minimum Gasteiger partial charge on any atom is -0.456 e. The van der Waals surface area contributed by atoms with Crippen LogP contribution < -0.4 is 0 Å². The number of nitrogens with zero attached hydrogens (tertiary/aromatic N) is 4. The van der Waals surface area contributed by atoms with Crippen molar-refractivity contribution < 1.29 is 8.83 Å². The molecule has 0 aliphatic carbocycles. The fraction of sp³-hybridized carbons (Fsp3) is 0. The molecule has 0 atom stereocenters. The van der Waals surface area contributed by atoms with E-state index in [9.17, 15) is 0 Å². The van der Waals surface area contributed by atoms with Gasteiger partial charge in [-0.1, -0.05) is 170 Å². The Morgan fingerprint density at radius 2 is 0.826 bits per heavy atom. The Hall–Kier alpha value is -9.39. The fourth-order valence-electron chi connectivity index (χ4n) is 10.2. The van der Waals surface area contributed by atoms with E-state index in [1.807, 2.05) is 72.8 Å². The van der Waals surface area contributed by atoms with Crippen LogP contribution >= 0.6 is 0 Å². The Morgan fingerprint density at radius 1 is 0.290 bits per heavy atom. The molecule has 6 nitrogen and oxygen atoms in total. The number of para-hydroxylation sites is 3. The topological polar surface area (TPSA) is 69.9 Å². The number of fused-ring (bicyclic) bond motifs is 9. The van der Waals surface area contributed by atoms with Gasteiger partial charge in [0.2, 0.25) is 0 Å². The van der Waals surface area contributed by atoms with E-state index in [-0.39, 0.29) is 0 Å². The summed E-state index contributed by atoms with van der Waals surface area (Å²) in [6.07, 6.45) is 0. The SMILES string of the molecule is c1ccc(-c2nc(-c3ccccc3)nc(-c3cccc(-c4cccc5oc6ccc(-c7ccc8c(c7)c7ccccc7n8-c7ccc(-c8cccc9c8oc8ccccc89)cc7)cc6c45)c3)n2)cc1. The molecule has 322 valence electrons. The number of hydrogen-bond donors (Lipinski definition) is 0. The van der Waals surface area contributed by atoms with E-state index in [1.165, 1.54) is 10.8 Å². The molecule has 0 bridgehead atoms. The number of benzene rings is 10. The summed E-state index contributed by atoms with van der Waals surface area (Å²) in [5.41, 5.74) is 16.2. The summed E-state index contributed by atoms with van der Waals surface area (Å²) in [7, 11) is 0. The average Bonchev–Trinajstić information content (AvgIpc) is 4.11. The van der Waals surface area contributed by atoms with Gasteiger partial charge in [-0.25, -0.2) is 15.0 Å². The standard InChI is InChI=1S/C63H38N4O2/c1-3-14-40(15-4-1)61-64-62(41-16-5-2-6-17-41)66-63(65-61)45-19-11-18-44(36-45)47-22-13-27-58-59(47)53-38-43(31-35-57(53)68-58)42-30-34-55-52(37-42)49-20-7-9-25-54(49)67(55)46-32-28-39(29-33-46)48-23-12-24-51-50-21-8-10-26-56(50)69-60(48)51/h1-38H. The first-order chi connectivity index (χ1) is 34.2. The Kier molecular flexibility index (Phi) is 8.79. The van der Waals surface area contributed by atoms with Gasteiger partial charge in [0.25, 0.3) is 0 Å². The molecule has 69 heavy (non-hydrogen) atoms. The van der Waals surface area contributed by atoms with Gasteiger partial charge in [-0.2, -0.15) is 0 Å². The first-order valence-corrected chi connectivity index (χ1v) is 23.2. The molecule has 0 aliphatic rings. The zero-order chi connectivity index (χ0) is 45.4. The van der Waals surface area contributed by atoms with Crippen molar-refractivity contribution in [1.82, 2.24) is 19.5 Å². The third-order valence-corrected chi connectivity index (χ3v) is 13.5. The van der Waals surface area contributed by atoms with Crippen molar-refractivity contribution in [3.8, 4) is 73.2 Å². The first-order valence-electron chi connectivity index (χ1n) is 23.2. The minimum absolute atomic E-state index is 0.613. The zero-order valence-electron chi connectivity index (χ0n) is 37.0. The molecule has 4 heterocycles. The van der Waals surface area contributed by atoms with Crippen molar-refractivity contribution in [3.05, 3.63) is 231 Å². The van der Waals surface area contributed by atoms with Gasteiger partial charge in [0.05, 0.1) is 11.0 Å². The summed E-state index contributed by atoms with van der Waals surface area (Å²) in [5, 5.41) is 6.78. The van der Waals surface area contributed by atoms with E-state index >= 15 is 0 Å². The van der Waals surface area contributed by atoms with Crippen molar-refractivity contribution in [2.24, 2.45) is 0 Å². The molecule has 10 aromatic carbocycles. The van der Waals surface area contributed by atoms with Crippen LogP contribution in [-0.2, 0) is 0 Å². The maximum atomic E-state index is 6.56. The number of rotatable bonds is 7. The molecule has 0 spiro atoms. The summed E-state index contributed by atoms with van der Waals surface area (Å²) in [5.74, 6) is 1.87. The van der Waals surface area contributed by atoms with Crippen LogP contribution in [0, 0.1) is 0 Å². The zero-order valence-corrected chi connectivity index (χ0v) is 37.0. The lowest BCUT2D eigenvalue weighted by atomic mass is 9.96. The molecule has 14 rings (SSSR count). The van der Waals surface area contributed by atoms with Gasteiger partial charge in [-0.15, -0.1) is 0 Å². The second-order valence-electron chi connectivity index (χ2n) is 17.5. The lowest BCUT2D eigenvalue weighted by Crippen LogP contribution is -2.00. The second-order valence-corrected chi connectivity index (χ2v) is 17.5. The van der Waals surface area contributed by atoms with Crippen LogP contribution in [0.3, 0.4) is 0 Å². The van der Waals surface area contributed by atoms with Crippen molar-refractivity contribution in [2.75, 3.05) is 0 Å². The fourth-order valence-corrected chi connectivity index (χ4v) is 10.2. The van der Waals surface area contributed by atoms with Gasteiger partial charge in [0, 0.05) is 60.3 Å². The molecule has 4 aromatic heterocycles. The quantitative estimate of drug-likeness (QED) is 0.159. The first kappa shape index (κ1) is 38.8. The highest BCUT2D eigenvalue weighted by Gasteiger charge is 2.19. The molecule has 0 aliphatic heterocycles. The molecule has 6 heteroatoms. The predicted octanol–water partition coefficient (Wildman–Crippen LogP) is 16.8. The lowest BCUT2D eigenvalue weighted by Gasteiger charge is -2.10. The van der Waals surface area contributed by atoms with Crippen LogP contribution in [0.2, 0.25) is 0 Å². The van der Waals surface area contributed by atoms with Crippen LogP contribution in [0.15, 0.2) is 239 Å². The van der Waals surface area contributed by atoms with Gasteiger partial charge in [-0.3, -0.25) is 0 Å². The minimum atomic E-state index is 0.613. The van der Waals surface area contributed by atoms with E-state index < -0.39 is 0 Å². The van der Waals surface area contributed by atoms with Gasteiger partial charge in [-0.05, 0) is 88.5 Å². The molecule has 0 amide bonds. The maximum Gasteiger partial charge on any atom is 0.164 e. The Bertz CT molecular complexity index is 4240. The lowest BCUT2D eigenvalue weighted by molar-refractivity contribution is 0.669. The van der Waals surface area contributed by atoms with Crippen molar-refractivity contribution in [2.45, 2.75) is 0 Å². The molecule has 0 unspecified atom stereocenters. The van der Waals surface area contributed by atoms with Gasteiger partial charge < -0.3 is 13.4 Å². The van der Waals surface area contributed by atoms with E-state index in [1.54, 1.807) is 0 Å². The highest BCUT2D eigenvalue weighted by Crippen LogP contribution is 2.42. The number of hydrogen-bond acceptors (Lipinski definition) is 5. The average molecular weight is 883 g/mol. The molecule has 0 saturated heterocycles. The summed E-state index contributed by atoms with van der Waals surface area (Å²) in [6.45, 7) is 0. The molecule has 0 N–H and O–H groups in total. The van der Waals surface area contributed by atoms with Crippen LogP contribution in [0.1, 0.15) is 0 Å². The largest absolute Gasteiger partial charge is 0.456 e. The van der Waals surface area contributed by atoms with Gasteiger partial charge in [0.15, 0.2) is 17.5 Å². The number of furan rings is 2. The third kappa shape index (κ3) is 6.45. The van der Waals surface area contributed by atoms with Gasteiger partial charge in [0.1, 0.15) is 22.3 Å². The van der Waals surface area contributed by atoms with E-state index in [2.05, 4.69) is 162 Å². The van der Waals surface area contributed by atoms with Crippen LogP contribution in [0.5, 0.6) is 0 Å². The van der Waals surface area contributed by atoms with E-state index in [0.29, 0.717) is 17.5 Å². The molecule has 0 saturated carbocycles. The van der Waals surface area contributed by atoms with Crippen molar-refractivity contribution >= 4 is 65.7 Å². The van der Waals surface area contributed by atoms with Crippen LogP contribution in [-0.4, -0.2) is 19.5 Å². The molecule has 0 radical (unpaired) electrons. The normalized spacial score (nSPS) is 11.8. The third-order valence-electron chi connectivity index (χ3n) is 13.5. The summed E-state index contributed by atoms with van der Waals surface area (Å²) in [4.78, 5) is 15.0. The Balaban J connectivity index is 0.847. The maximum absolute atomic E-state index is 6.56. The van der Waals surface area contributed by atoms with Crippen molar-refractivity contribution in [3.63, 3.8) is 0 Å². The summed E-state index contributed by atoms with van der Waals surface area (Å²) in [6, 6.07) is 80.5. The van der Waals surface area contributed by atoms with E-state index in [4.69, 9.17) is 23.8 Å². The Morgan fingerprint density at radius 3 is 1.61 bits per heavy atom. The predicted molar refractivity (Wildman–Crippen MR) is 281 cm³/mol. The highest BCUT2D eigenvalue weighted by molar-refractivity contribution is 6.15. The van der Waals surface area contributed by atoms with Crippen molar-refractivity contribution in [1.29, 1.82) is 0 Å². The molecule has 14 aromatic rings. The summed E-state index contributed by atoms with van der Waals surface area (Å²) < 4.78 is 15.3.